The summed E-state index contributed by atoms with van der Waals surface area (Å²) in [4.78, 5) is 43.6. The van der Waals surface area contributed by atoms with Crippen molar-refractivity contribution >= 4 is 22.8 Å². The smallest absolute Gasteiger partial charge is 0.328 e. The number of hydrogen-bond acceptors (Lipinski definition) is 6. The first-order valence-electron chi connectivity index (χ1n) is 9.59. The van der Waals surface area contributed by atoms with Crippen LogP contribution < -0.4 is 10.9 Å². The molecule has 8 heteroatoms. The number of nitrogens with zero attached hydrogens (tertiary/aromatic N) is 1. The quantitative estimate of drug-likeness (QED) is 0.488. The second kappa shape index (κ2) is 9.69. The maximum absolute atomic E-state index is 12.3. The number of aryl methyl sites for hydroxylation is 1. The van der Waals surface area contributed by atoms with Crippen LogP contribution in [0.25, 0.3) is 10.9 Å². The van der Waals surface area contributed by atoms with Crippen LogP contribution in [0, 0.1) is 0 Å². The summed E-state index contributed by atoms with van der Waals surface area (Å²) in [6, 6.07) is 12.6. The number of ether oxygens (including phenoxy) is 1. The first-order chi connectivity index (χ1) is 14.5. The number of hydrogen-bond donors (Lipinski definition) is 3. The van der Waals surface area contributed by atoms with E-state index in [1.807, 2.05) is 6.07 Å². The van der Waals surface area contributed by atoms with E-state index in [9.17, 15) is 19.5 Å². The highest BCUT2D eigenvalue weighted by Crippen LogP contribution is 2.12. The Balaban J connectivity index is 1.57. The summed E-state index contributed by atoms with van der Waals surface area (Å²) in [5.74, 6) is -0.206. The minimum Gasteiger partial charge on any atom is -0.508 e. The van der Waals surface area contributed by atoms with Crippen LogP contribution in [-0.2, 0) is 27.2 Å². The van der Waals surface area contributed by atoms with Crippen molar-refractivity contribution in [3.63, 3.8) is 0 Å². The fourth-order valence-corrected chi connectivity index (χ4v) is 3.14. The number of phenols is 1. The molecule has 0 bridgehead atoms. The lowest BCUT2D eigenvalue weighted by molar-refractivity contribution is -0.145. The van der Waals surface area contributed by atoms with Crippen molar-refractivity contribution in [2.24, 2.45) is 0 Å². The van der Waals surface area contributed by atoms with Gasteiger partial charge in [0.25, 0.3) is 5.56 Å². The van der Waals surface area contributed by atoms with Crippen LogP contribution in [0.15, 0.2) is 53.3 Å². The van der Waals surface area contributed by atoms with Crippen LogP contribution in [0.1, 0.15) is 24.2 Å². The van der Waals surface area contributed by atoms with Crippen LogP contribution in [0.4, 0.5) is 0 Å². The van der Waals surface area contributed by atoms with E-state index >= 15 is 0 Å². The predicted molar refractivity (Wildman–Crippen MR) is 111 cm³/mol. The van der Waals surface area contributed by atoms with Crippen molar-refractivity contribution in [3.05, 3.63) is 70.3 Å². The highest BCUT2D eigenvalue weighted by atomic mass is 16.5. The van der Waals surface area contributed by atoms with Crippen molar-refractivity contribution in [3.8, 4) is 5.75 Å². The Morgan fingerprint density at radius 2 is 1.90 bits per heavy atom. The molecule has 0 fully saturated rings. The van der Waals surface area contributed by atoms with E-state index < -0.39 is 12.0 Å². The van der Waals surface area contributed by atoms with E-state index in [0.717, 1.165) is 5.56 Å². The lowest BCUT2D eigenvalue weighted by atomic mass is 10.1. The maximum atomic E-state index is 12.3. The molecule has 0 aliphatic carbocycles. The molecular weight excluding hydrogens is 386 g/mol. The fourth-order valence-electron chi connectivity index (χ4n) is 3.14. The number of carbonyl (C=O) groups is 2. The molecule has 3 rings (SSSR count). The Hall–Kier alpha value is -3.68. The van der Waals surface area contributed by atoms with Gasteiger partial charge in [0.15, 0.2) is 0 Å². The third-order valence-electron chi connectivity index (χ3n) is 4.68. The SMILES string of the molecule is COC(=O)C(Cc1ccc(O)cc1)NC(=O)CCCc1nc2ccccc2c(=O)[nH]1. The third-order valence-corrected chi connectivity index (χ3v) is 4.68. The molecule has 1 heterocycles. The lowest BCUT2D eigenvalue weighted by Gasteiger charge is -2.16. The largest absolute Gasteiger partial charge is 0.508 e. The number of benzene rings is 2. The monoisotopic (exact) mass is 409 g/mol. The molecule has 1 aromatic heterocycles. The molecule has 3 aromatic rings. The Morgan fingerprint density at radius 3 is 2.63 bits per heavy atom. The average molecular weight is 409 g/mol. The highest BCUT2D eigenvalue weighted by Gasteiger charge is 2.21. The number of phenolic OH excluding ortho intramolecular Hbond substituents is 1. The molecule has 8 nitrogen and oxygen atoms in total. The molecule has 156 valence electrons. The average Bonchev–Trinajstić information content (AvgIpc) is 2.74. The number of carbonyl (C=O) groups excluding carboxylic acids is 2. The number of fused-ring (bicyclic) bond motifs is 1. The molecule has 3 N–H and O–H groups in total. The number of amides is 1. The zero-order valence-corrected chi connectivity index (χ0v) is 16.6. The molecule has 1 atom stereocenters. The fraction of sp³-hybridized carbons (Fsp3) is 0.273. The van der Waals surface area contributed by atoms with Gasteiger partial charge in [0.05, 0.1) is 18.0 Å². The van der Waals surface area contributed by atoms with E-state index in [1.54, 1.807) is 30.3 Å². The first kappa shape index (κ1) is 21.0. The number of aromatic amines is 1. The van der Waals surface area contributed by atoms with Gasteiger partial charge in [0, 0.05) is 19.3 Å². The number of aromatic hydroxyl groups is 1. The van der Waals surface area contributed by atoms with Crippen LogP contribution in [0.2, 0.25) is 0 Å². The van der Waals surface area contributed by atoms with Gasteiger partial charge in [-0.25, -0.2) is 9.78 Å². The number of methoxy groups -OCH3 is 1. The Labute approximate surface area is 172 Å². The summed E-state index contributed by atoms with van der Waals surface area (Å²) in [7, 11) is 1.26. The highest BCUT2D eigenvalue weighted by molar-refractivity contribution is 5.84. The van der Waals surface area contributed by atoms with Crippen LogP contribution in [0.5, 0.6) is 5.75 Å². The minimum atomic E-state index is -0.828. The van der Waals surface area contributed by atoms with Gasteiger partial charge in [-0.1, -0.05) is 24.3 Å². The molecule has 1 unspecified atom stereocenters. The van der Waals surface area contributed by atoms with E-state index in [2.05, 4.69) is 15.3 Å². The maximum Gasteiger partial charge on any atom is 0.328 e. The van der Waals surface area contributed by atoms with Gasteiger partial charge >= 0.3 is 5.97 Å². The number of H-pyrrole nitrogens is 1. The molecule has 0 saturated heterocycles. The third kappa shape index (κ3) is 5.44. The second-order valence-corrected chi connectivity index (χ2v) is 6.90. The molecule has 0 aliphatic rings. The van der Waals surface area contributed by atoms with Gasteiger partial charge in [-0.15, -0.1) is 0 Å². The molecule has 0 saturated carbocycles. The van der Waals surface area contributed by atoms with Crippen LogP contribution in [0.3, 0.4) is 0 Å². The van der Waals surface area contributed by atoms with Gasteiger partial charge < -0.3 is 20.1 Å². The van der Waals surface area contributed by atoms with E-state index in [-0.39, 0.29) is 30.1 Å². The predicted octanol–water partition coefficient (Wildman–Crippen LogP) is 1.85. The van der Waals surface area contributed by atoms with Crippen molar-refractivity contribution in [1.29, 1.82) is 0 Å². The first-order valence-corrected chi connectivity index (χ1v) is 9.59. The second-order valence-electron chi connectivity index (χ2n) is 6.90. The van der Waals surface area contributed by atoms with E-state index in [1.165, 1.54) is 19.2 Å². The van der Waals surface area contributed by atoms with Gasteiger partial charge in [-0.3, -0.25) is 9.59 Å². The van der Waals surface area contributed by atoms with Crippen molar-refractivity contribution in [2.45, 2.75) is 31.7 Å². The Kier molecular flexibility index (Phi) is 6.79. The minimum absolute atomic E-state index is 0.123. The molecule has 30 heavy (non-hydrogen) atoms. The Bertz CT molecular complexity index is 1090. The lowest BCUT2D eigenvalue weighted by Crippen LogP contribution is -2.43. The van der Waals surface area contributed by atoms with Gasteiger partial charge in [-0.05, 0) is 36.2 Å². The number of aromatic nitrogens is 2. The summed E-state index contributed by atoms with van der Waals surface area (Å²) in [5.41, 5.74) is 1.18. The standard InChI is InChI=1S/C22H23N3O5/c1-30-22(29)18(13-14-9-11-15(26)12-10-14)24-20(27)8-4-7-19-23-17-6-3-2-5-16(17)21(28)25-19/h2-3,5-6,9-12,18,26H,4,7-8,13H2,1H3,(H,24,27)(H,23,25,28). The number of rotatable bonds is 8. The Morgan fingerprint density at radius 1 is 1.17 bits per heavy atom. The summed E-state index contributed by atoms with van der Waals surface area (Å²) in [6.07, 6.45) is 1.30. The molecule has 0 spiro atoms. The van der Waals surface area contributed by atoms with Gasteiger partial charge in [0.2, 0.25) is 5.91 Å². The normalized spacial score (nSPS) is 11.8. The van der Waals surface area contributed by atoms with Crippen molar-refractivity contribution in [2.75, 3.05) is 7.11 Å². The molecule has 2 aromatic carbocycles. The van der Waals surface area contributed by atoms with E-state index in [4.69, 9.17) is 4.74 Å². The molecular formula is C22H23N3O5. The molecule has 1 amide bonds. The van der Waals surface area contributed by atoms with Gasteiger partial charge in [0.1, 0.15) is 17.6 Å². The zero-order chi connectivity index (χ0) is 21.5. The topological polar surface area (TPSA) is 121 Å². The zero-order valence-electron chi connectivity index (χ0n) is 16.6. The van der Waals surface area contributed by atoms with Crippen molar-refractivity contribution in [1.82, 2.24) is 15.3 Å². The number of esters is 1. The molecule has 0 aliphatic heterocycles. The summed E-state index contributed by atoms with van der Waals surface area (Å²) >= 11 is 0. The van der Waals surface area contributed by atoms with Gasteiger partial charge in [-0.2, -0.15) is 0 Å². The number of para-hydroxylation sites is 1. The van der Waals surface area contributed by atoms with E-state index in [0.29, 0.717) is 29.6 Å². The summed E-state index contributed by atoms with van der Waals surface area (Å²) in [5, 5.41) is 12.6. The summed E-state index contributed by atoms with van der Waals surface area (Å²) in [6.45, 7) is 0. The number of nitrogens with one attached hydrogen (secondary N) is 2. The summed E-state index contributed by atoms with van der Waals surface area (Å²) < 4.78 is 4.78. The van der Waals surface area contributed by atoms with Crippen molar-refractivity contribution < 1.29 is 19.4 Å². The van der Waals surface area contributed by atoms with Crippen LogP contribution >= 0.6 is 0 Å². The molecule has 0 radical (unpaired) electrons. The van der Waals surface area contributed by atoms with Crippen LogP contribution in [-0.4, -0.2) is 40.1 Å².